The SMILES string of the molecule is CCCNCC1CCCC1COC. The predicted octanol–water partition coefficient (Wildman–Crippen LogP) is 2.05. The second kappa shape index (κ2) is 6.39. The molecule has 1 aliphatic rings. The number of ether oxygens (including phenoxy) is 1. The van der Waals surface area contributed by atoms with Gasteiger partial charge >= 0.3 is 0 Å². The molecule has 1 rings (SSSR count). The molecular formula is C11H23NO. The van der Waals surface area contributed by atoms with Crippen LogP contribution in [-0.2, 0) is 4.74 Å². The van der Waals surface area contributed by atoms with E-state index in [0.717, 1.165) is 25.0 Å². The lowest BCUT2D eigenvalue weighted by Crippen LogP contribution is -2.27. The van der Waals surface area contributed by atoms with Crippen LogP contribution in [0.1, 0.15) is 32.6 Å². The molecule has 0 bridgehead atoms. The molecule has 13 heavy (non-hydrogen) atoms. The summed E-state index contributed by atoms with van der Waals surface area (Å²) in [6.45, 7) is 5.53. The molecule has 1 aliphatic carbocycles. The van der Waals surface area contributed by atoms with E-state index >= 15 is 0 Å². The minimum Gasteiger partial charge on any atom is -0.384 e. The summed E-state index contributed by atoms with van der Waals surface area (Å²) in [4.78, 5) is 0. The zero-order valence-corrected chi connectivity index (χ0v) is 9.01. The van der Waals surface area contributed by atoms with Gasteiger partial charge in [-0.2, -0.15) is 0 Å². The van der Waals surface area contributed by atoms with E-state index in [2.05, 4.69) is 12.2 Å². The Hall–Kier alpha value is -0.0800. The Morgan fingerprint density at radius 1 is 1.31 bits per heavy atom. The minimum absolute atomic E-state index is 0.814. The second-order valence-electron chi connectivity index (χ2n) is 4.11. The van der Waals surface area contributed by atoms with Gasteiger partial charge in [-0.15, -0.1) is 0 Å². The summed E-state index contributed by atoms with van der Waals surface area (Å²) in [5.41, 5.74) is 0. The summed E-state index contributed by atoms with van der Waals surface area (Å²) in [5, 5.41) is 3.51. The number of nitrogens with one attached hydrogen (secondary N) is 1. The molecule has 0 aliphatic heterocycles. The smallest absolute Gasteiger partial charge is 0.0493 e. The van der Waals surface area contributed by atoms with Gasteiger partial charge in [0.05, 0.1) is 0 Å². The van der Waals surface area contributed by atoms with Gasteiger partial charge < -0.3 is 10.1 Å². The van der Waals surface area contributed by atoms with Gasteiger partial charge in [-0.1, -0.05) is 13.3 Å². The van der Waals surface area contributed by atoms with E-state index in [1.807, 2.05) is 7.11 Å². The molecule has 2 atom stereocenters. The average molecular weight is 185 g/mol. The molecule has 0 heterocycles. The zero-order valence-electron chi connectivity index (χ0n) is 9.01. The first-order chi connectivity index (χ1) is 6.38. The van der Waals surface area contributed by atoms with Crippen molar-refractivity contribution in [3.8, 4) is 0 Å². The van der Waals surface area contributed by atoms with E-state index in [-0.39, 0.29) is 0 Å². The van der Waals surface area contributed by atoms with Crippen molar-refractivity contribution in [1.29, 1.82) is 0 Å². The minimum atomic E-state index is 0.814. The van der Waals surface area contributed by atoms with Crippen molar-refractivity contribution in [1.82, 2.24) is 5.32 Å². The van der Waals surface area contributed by atoms with Gasteiger partial charge in [-0.3, -0.25) is 0 Å². The van der Waals surface area contributed by atoms with Crippen LogP contribution in [0.3, 0.4) is 0 Å². The van der Waals surface area contributed by atoms with Crippen molar-refractivity contribution < 1.29 is 4.74 Å². The third-order valence-electron chi connectivity index (χ3n) is 3.03. The quantitative estimate of drug-likeness (QED) is 0.639. The average Bonchev–Trinajstić information content (AvgIpc) is 2.54. The normalized spacial score (nSPS) is 28.2. The van der Waals surface area contributed by atoms with Crippen molar-refractivity contribution in [3.05, 3.63) is 0 Å². The molecule has 1 N–H and O–H groups in total. The van der Waals surface area contributed by atoms with E-state index in [1.165, 1.54) is 32.2 Å². The first kappa shape index (κ1) is 11.0. The molecule has 0 spiro atoms. The summed E-state index contributed by atoms with van der Waals surface area (Å²) >= 11 is 0. The van der Waals surface area contributed by atoms with Crippen LogP contribution in [-0.4, -0.2) is 26.8 Å². The molecular weight excluding hydrogens is 162 g/mol. The van der Waals surface area contributed by atoms with Gasteiger partial charge in [0.15, 0.2) is 0 Å². The Bertz CT molecular complexity index is 127. The molecule has 78 valence electrons. The summed E-state index contributed by atoms with van der Waals surface area (Å²) in [6.07, 6.45) is 5.39. The highest BCUT2D eigenvalue weighted by Crippen LogP contribution is 2.31. The number of methoxy groups -OCH3 is 1. The lowest BCUT2D eigenvalue weighted by atomic mass is 9.97. The standard InChI is InChI=1S/C11H23NO/c1-3-7-12-8-10-5-4-6-11(10)9-13-2/h10-12H,3-9H2,1-2H3. The number of hydrogen-bond acceptors (Lipinski definition) is 2. The van der Waals surface area contributed by atoms with Crippen LogP contribution in [0.5, 0.6) is 0 Å². The van der Waals surface area contributed by atoms with Gasteiger partial charge in [0, 0.05) is 13.7 Å². The third-order valence-corrected chi connectivity index (χ3v) is 3.03. The lowest BCUT2D eigenvalue weighted by molar-refractivity contribution is 0.132. The lowest BCUT2D eigenvalue weighted by Gasteiger charge is -2.18. The largest absolute Gasteiger partial charge is 0.384 e. The van der Waals surface area contributed by atoms with Crippen molar-refractivity contribution in [3.63, 3.8) is 0 Å². The van der Waals surface area contributed by atoms with Crippen LogP contribution in [0.4, 0.5) is 0 Å². The van der Waals surface area contributed by atoms with E-state index in [0.29, 0.717) is 0 Å². The Morgan fingerprint density at radius 3 is 2.77 bits per heavy atom. The molecule has 0 aromatic rings. The van der Waals surface area contributed by atoms with Crippen molar-refractivity contribution >= 4 is 0 Å². The Morgan fingerprint density at radius 2 is 2.08 bits per heavy atom. The first-order valence-corrected chi connectivity index (χ1v) is 5.58. The van der Waals surface area contributed by atoms with Gasteiger partial charge in [-0.25, -0.2) is 0 Å². The molecule has 0 aromatic heterocycles. The van der Waals surface area contributed by atoms with Gasteiger partial charge in [0.1, 0.15) is 0 Å². The van der Waals surface area contributed by atoms with Crippen molar-refractivity contribution in [2.24, 2.45) is 11.8 Å². The Kier molecular flexibility index (Phi) is 5.40. The van der Waals surface area contributed by atoms with Crippen LogP contribution >= 0.6 is 0 Å². The molecule has 0 aromatic carbocycles. The first-order valence-electron chi connectivity index (χ1n) is 5.58. The number of hydrogen-bond donors (Lipinski definition) is 1. The van der Waals surface area contributed by atoms with Crippen LogP contribution in [0.15, 0.2) is 0 Å². The summed E-state index contributed by atoms with van der Waals surface area (Å²) < 4.78 is 5.23. The summed E-state index contributed by atoms with van der Waals surface area (Å²) in [6, 6.07) is 0. The zero-order chi connectivity index (χ0) is 9.52. The Balaban J connectivity index is 2.15. The number of rotatable bonds is 6. The van der Waals surface area contributed by atoms with Crippen molar-refractivity contribution in [2.45, 2.75) is 32.6 Å². The van der Waals surface area contributed by atoms with E-state index in [1.54, 1.807) is 0 Å². The highest BCUT2D eigenvalue weighted by molar-refractivity contribution is 4.78. The van der Waals surface area contributed by atoms with Gasteiger partial charge in [0.2, 0.25) is 0 Å². The highest BCUT2D eigenvalue weighted by Gasteiger charge is 2.26. The molecule has 0 amide bonds. The van der Waals surface area contributed by atoms with Gasteiger partial charge in [-0.05, 0) is 44.2 Å². The van der Waals surface area contributed by atoms with Crippen LogP contribution < -0.4 is 5.32 Å². The van der Waals surface area contributed by atoms with Crippen molar-refractivity contribution in [2.75, 3.05) is 26.8 Å². The predicted molar refractivity (Wildman–Crippen MR) is 55.9 cm³/mol. The molecule has 0 saturated heterocycles. The fourth-order valence-corrected chi connectivity index (χ4v) is 2.28. The van der Waals surface area contributed by atoms with Crippen LogP contribution in [0.2, 0.25) is 0 Å². The summed E-state index contributed by atoms with van der Waals surface area (Å²) in [5.74, 6) is 1.68. The topological polar surface area (TPSA) is 21.3 Å². The molecule has 2 unspecified atom stereocenters. The fourth-order valence-electron chi connectivity index (χ4n) is 2.28. The highest BCUT2D eigenvalue weighted by atomic mass is 16.5. The van der Waals surface area contributed by atoms with E-state index in [9.17, 15) is 0 Å². The molecule has 0 radical (unpaired) electrons. The maximum Gasteiger partial charge on any atom is 0.0493 e. The van der Waals surface area contributed by atoms with Crippen LogP contribution in [0.25, 0.3) is 0 Å². The molecule has 2 nitrogen and oxygen atoms in total. The fraction of sp³-hybridized carbons (Fsp3) is 1.00. The maximum absolute atomic E-state index is 5.23. The monoisotopic (exact) mass is 185 g/mol. The maximum atomic E-state index is 5.23. The second-order valence-corrected chi connectivity index (χ2v) is 4.11. The third kappa shape index (κ3) is 3.65. The van der Waals surface area contributed by atoms with E-state index in [4.69, 9.17) is 4.74 Å². The Labute approximate surface area is 82.0 Å². The van der Waals surface area contributed by atoms with Gasteiger partial charge in [0.25, 0.3) is 0 Å². The molecule has 1 saturated carbocycles. The van der Waals surface area contributed by atoms with Crippen LogP contribution in [0, 0.1) is 11.8 Å². The van der Waals surface area contributed by atoms with E-state index < -0.39 is 0 Å². The molecule has 1 fully saturated rings. The molecule has 2 heteroatoms. The summed E-state index contributed by atoms with van der Waals surface area (Å²) in [7, 11) is 1.81.